The summed E-state index contributed by atoms with van der Waals surface area (Å²) >= 11 is 0. The molecule has 9 heavy (non-hydrogen) atoms. The summed E-state index contributed by atoms with van der Waals surface area (Å²) in [5.74, 6) is 5.96. The van der Waals surface area contributed by atoms with E-state index in [1.807, 2.05) is 6.92 Å². The van der Waals surface area contributed by atoms with Gasteiger partial charge in [-0.2, -0.15) is 0 Å². The highest BCUT2D eigenvalue weighted by Crippen LogP contribution is 1.92. The van der Waals surface area contributed by atoms with Crippen molar-refractivity contribution in [2.45, 2.75) is 32.7 Å². The zero-order chi connectivity index (χ0) is 7.11. The zero-order valence-corrected chi connectivity index (χ0v) is 6.15. The molecule has 0 N–H and O–H groups in total. The smallest absolute Gasteiger partial charge is 0.109 e. The van der Waals surface area contributed by atoms with Crippen molar-refractivity contribution in [2.75, 3.05) is 0 Å². The molecule has 0 aromatic carbocycles. The fraction of sp³-hybridized carbons (Fsp3) is 0.625. The minimum Gasteiger partial charge on any atom is -0.285 e. The van der Waals surface area contributed by atoms with Crippen molar-refractivity contribution >= 4 is 6.72 Å². The van der Waals surface area contributed by atoms with Gasteiger partial charge in [0, 0.05) is 6.42 Å². The summed E-state index contributed by atoms with van der Waals surface area (Å²) in [6.07, 6.45) is 1.88. The predicted octanol–water partition coefficient (Wildman–Crippen LogP) is 1.88. The molecule has 0 aliphatic rings. The monoisotopic (exact) mass is 123 g/mol. The van der Waals surface area contributed by atoms with Crippen molar-refractivity contribution in [2.24, 2.45) is 4.99 Å². The van der Waals surface area contributed by atoms with Crippen LogP contribution in [0.25, 0.3) is 0 Å². The SMILES string of the molecule is C=NC(C#CCC)CC. The normalized spacial score (nSPS) is 11.3. The fourth-order valence-electron chi connectivity index (χ4n) is 0.497. The van der Waals surface area contributed by atoms with Crippen molar-refractivity contribution in [3.63, 3.8) is 0 Å². The van der Waals surface area contributed by atoms with Crippen LogP contribution >= 0.6 is 0 Å². The Hall–Kier alpha value is -0.770. The molecule has 0 spiro atoms. The van der Waals surface area contributed by atoms with Gasteiger partial charge in [-0.3, -0.25) is 4.99 Å². The van der Waals surface area contributed by atoms with Crippen LogP contribution in [0.15, 0.2) is 4.99 Å². The van der Waals surface area contributed by atoms with E-state index in [0.29, 0.717) is 0 Å². The first-order valence-corrected chi connectivity index (χ1v) is 3.29. The van der Waals surface area contributed by atoms with E-state index in [0.717, 1.165) is 12.8 Å². The maximum atomic E-state index is 3.82. The summed E-state index contributed by atoms with van der Waals surface area (Å²) in [5, 5.41) is 0. The van der Waals surface area contributed by atoms with Crippen LogP contribution in [0, 0.1) is 11.8 Å². The van der Waals surface area contributed by atoms with Gasteiger partial charge >= 0.3 is 0 Å². The number of aliphatic imine (C=N–C) groups is 1. The van der Waals surface area contributed by atoms with Crippen molar-refractivity contribution in [3.8, 4) is 11.8 Å². The van der Waals surface area contributed by atoms with Gasteiger partial charge in [0.25, 0.3) is 0 Å². The molecule has 0 aliphatic heterocycles. The van der Waals surface area contributed by atoms with Crippen LogP contribution < -0.4 is 0 Å². The van der Waals surface area contributed by atoms with Crippen LogP contribution in [0.4, 0.5) is 0 Å². The van der Waals surface area contributed by atoms with Gasteiger partial charge in [0.2, 0.25) is 0 Å². The van der Waals surface area contributed by atoms with Crippen LogP contribution in [0.1, 0.15) is 26.7 Å². The van der Waals surface area contributed by atoms with Gasteiger partial charge < -0.3 is 0 Å². The molecule has 0 bridgehead atoms. The minimum atomic E-state index is 0.157. The van der Waals surface area contributed by atoms with Gasteiger partial charge in [-0.1, -0.05) is 19.8 Å². The molecule has 0 amide bonds. The molecule has 0 fully saturated rings. The maximum Gasteiger partial charge on any atom is 0.109 e. The van der Waals surface area contributed by atoms with Gasteiger partial charge in [0.1, 0.15) is 6.04 Å². The second-order valence-corrected chi connectivity index (χ2v) is 1.78. The Morgan fingerprint density at radius 2 is 2.22 bits per heavy atom. The van der Waals surface area contributed by atoms with Gasteiger partial charge in [-0.25, -0.2) is 0 Å². The average Bonchev–Trinajstić information content (AvgIpc) is 1.91. The molecule has 1 nitrogen and oxygen atoms in total. The summed E-state index contributed by atoms with van der Waals surface area (Å²) in [6, 6.07) is 0.157. The third-order valence-electron chi connectivity index (χ3n) is 1.05. The summed E-state index contributed by atoms with van der Waals surface area (Å²) in [7, 11) is 0. The molecule has 0 saturated heterocycles. The molecule has 0 radical (unpaired) electrons. The zero-order valence-electron chi connectivity index (χ0n) is 6.15. The molecule has 0 aromatic rings. The Morgan fingerprint density at radius 1 is 1.56 bits per heavy atom. The van der Waals surface area contributed by atoms with E-state index < -0.39 is 0 Å². The van der Waals surface area contributed by atoms with Crippen molar-refractivity contribution < 1.29 is 0 Å². The fourth-order valence-corrected chi connectivity index (χ4v) is 0.497. The Labute approximate surface area is 57.2 Å². The lowest BCUT2D eigenvalue weighted by Crippen LogP contribution is -1.95. The largest absolute Gasteiger partial charge is 0.285 e. The lowest BCUT2D eigenvalue weighted by molar-refractivity contribution is 0.813. The molecule has 1 unspecified atom stereocenters. The lowest BCUT2D eigenvalue weighted by atomic mass is 10.2. The number of rotatable bonds is 2. The van der Waals surface area contributed by atoms with Gasteiger partial charge in [-0.05, 0) is 13.1 Å². The Morgan fingerprint density at radius 3 is 2.56 bits per heavy atom. The van der Waals surface area contributed by atoms with Crippen LogP contribution in [0.2, 0.25) is 0 Å². The summed E-state index contributed by atoms with van der Waals surface area (Å²) in [4.78, 5) is 3.82. The van der Waals surface area contributed by atoms with E-state index in [-0.39, 0.29) is 6.04 Å². The quantitative estimate of drug-likeness (QED) is 0.392. The second kappa shape index (κ2) is 5.37. The first-order chi connectivity index (χ1) is 4.35. The first-order valence-electron chi connectivity index (χ1n) is 3.29. The molecule has 1 heteroatoms. The van der Waals surface area contributed by atoms with Crippen LogP contribution in [-0.4, -0.2) is 12.8 Å². The minimum absolute atomic E-state index is 0.157. The van der Waals surface area contributed by atoms with Crippen LogP contribution in [0.5, 0.6) is 0 Å². The third kappa shape index (κ3) is 3.78. The topological polar surface area (TPSA) is 12.4 Å². The predicted molar refractivity (Wildman–Crippen MR) is 41.7 cm³/mol. The molecule has 0 aliphatic carbocycles. The third-order valence-corrected chi connectivity index (χ3v) is 1.05. The summed E-state index contributed by atoms with van der Waals surface area (Å²) in [5.41, 5.74) is 0. The molecule has 50 valence electrons. The highest BCUT2D eigenvalue weighted by molar-refractivity contribution is 5.26. The highest BCUT2D eigenvalue weighted by Gasteiger charge is 1.91. The van der Waals surface area contributed by atoms with Crippen molar-refractivity contribution in [3.05, 3.63) is 0 Å². The molecule has 0 rings (SSSR count). The lowest BCUT2D eigenvalue weighted by Gasteiger charge is -1.95. The summed E-state index contributed by atoms with van der Waals surface area (Å²) in [6.45, 7) is 7.52. The van der Waals surface area contributed by atoms with E-state index in [9.17, 15) is 0 Å². The molecule has 0 saturated carbocycles. The molecule has 0 aromatic heterocycles. The van der Waals surface area contributed by atoms with E-state index in [1.165, 1.54) is 0 Å². The summed E-state index contributed by atoms with van der Waals surface area (Å²) < 4.78 is 0. The number of nitrogens with zero attached hydrogens (tertiary/aromatic N) is 1. The maximum absolute atomic E-state index is 3.82. The number of hydrogen-bond acceptors (Lipinski definition) is 1. The van der Waals surface area contributed by atoms with E-state index in [4.69, 9.17) is 0 Å². The molecular formula is C8H13N. The molecule has 0 heterocycles. The van der Waals surface area contributed by atoms with Gasteiger partial charge in [0.15, 0.2) is 0 Å². The first kappa shape index (κ1) is 8.23. The molecular weight excluding hydrogens is 110 g/mol. The Kier molecular flexibility index (Phi) is 4.91. The second-order valence-electron chi connectivity index (χ2n) is 1.78. The van der Waals surface area contributed by atoms with Gasteiger partial charge in [0.05, 0.1) is 0 Å². The van der Waals surface area contributed by atoms with Crippen LogP contribution in [-0.2, 0) is 0 Å². The van der Waals surface area contributed by atoms with E-state index in [2.05, 4.69) is 30.5 Å². The number of hydrogen-bond donors (Lipinski definition) is 0. The van der Waals surface area contributed by atoms with E-state index in [1.54, 1.807) is 0 Å². The Bertz CT molecular complexity index is 127. The standard InChI is InChI=1S/C8H13N/c1-4-6-7-8(5-2)9-3/h8H,3-5H2,1-2H3. The average molecular weight is 123 g/mol. The van der Waals surface area contributed by atoms with Crippen molar-refractivity contribution in [1.29, 1.82) is 0 Å². The van der Waals surface area contributed by atoms with Crippen molar-refractivity contribution in [1.82, 2.24) is 0 Å². The molecule has 1 atom stereocenters. The Balaban J connectivity index is 3.67. The van der Waals surface area contributed by atoms with Crippen LogP contribution in [0.3, 0.4) is 0 Å². The van der Waals surface area contributed by atoms with E-state index >= 15 is 0 Å². The van der Waals surface area contributed by atoms with Gasteiger partial charge in [-0.15, -0.1) is 5.92 Å². The highest BCUT2D eigenvalue weighted by atomic mass is 14.7.